The van der Waals surface area contributed by atoms with Crippen molar-refractivity contribution in [3.8, 4) is 0 Å². The zero-order chi connectivity index (χ0) is 10.2. The quantitative estimate of drug-likeness (QED) is 0.646. The summed E-state index contributed by atoms with van der Waals surface area (Å²) in [6, 6.07) is 0.0428. The van der Waals surface area contributed by atoms with Crippen molar-refractivity contribution in [2.24, 2.45) is 5.92 Å². The third-order valence-electron chi connectivity index (χ3n) is 2.79. The summed E-state index contributed by atoms with van der Waals surface area (Å²) < 4.78 is 0. The van der Waals surface area contributed by atoms with Gasteiger partial charge in [-0.2, -0.15) is 0 Å². The maximum absolute atomic E-state index is 11.3. The van der Waals surface area contributed by atoms with E-state index in [2.05, 4.69) is 5.32 Å². The summed E-state index contributed by atoms with van der Waals surface area (Å²) in [6.07, 6.45) is 8.88. The van der Waals surface area contributed by atoms with Crippen LogP contribution in [0.3, 0.4) is 0 Å². The first kappa shape index (κ1) is 9.46. The molecule has 0 aromatic rings. The van der Waals surface area contributed by atoms with E-state index < -0.39 is 5.60 Å². The van der Waals surface area contributed by atoms with E-state index in [-0.39, 0.29) is 24.3 Å². The maximum Gasteiger partial charge on any atom is 0.223 e. The second kappa shape index (κ2) is 3.24. The summed E-state index contributed by atoms with van der Waals surface area (Å²) in [5, 5.41) is 12.8. The van der Waals surface area contributed by atoms with Crippen molar-refractivity contribution in [1.82, 2.24) is 5.32 Å². The van der Waals surface area contributed by atoms with Gasteiger partial charge in [-0.05, 0) is 13.3 Å². The van der Waals surface area contributed by atoms with Crippen LogP contribution in [0.4, 0.5) is 0 Å². The van der Waals surface area contributed by atoms with Crippen LogP contribution in [0.5, 0.6) is 0 Å². The molecule has 2 rings (SSSR count). The predicted octanol–water partition coefficient (Wildman–Crippen LogP) is 0.758. The highest BCUT2D eigenvalue weighted by atomic mass is 16.3. The molecular weight excluding hydrogens is 178 g/mol. The van der Waals surface area contributed by atoms with Gasteiger partial charge < -0.3 is 10.4 Å². The average Bonchev–Trinajstić information content (AvgIpc) is 2.51. The van der Waals surface area contributed by atoms with Crippen LogP contribution in [0.2, 0.25) is 0 Å². The highest BCUT2D eigenvalue weighted by Gasteiger charge is 2.36. The topological polar surface area (TPSA) is 49.3 Å². The molecule has 1 heterocycles. The molecule has 76 valence electrons. The number of carbonyl (C=O) groups excluding carboxylic acids is 1. The van der Waals surface area contributed by atoms with Gasteiger partial charge in [0.15, 0.2) is 0 Å². The van der Waals surface area contributed by atoms with Crippen LogP contribution in [0, 0.1) is 5.92 Å². The smallest absolute Gasteiger partial charge is 0.223 e. The Bertz CT molecular complexity index is 292. The van der Waals surface area contributed by atoms with Gasteiger partial charge in [0.2, 0.25) is 5.91 Å². The Kier molecular flexibility index (Phi) is 2.19. The standard InChI is InChI=1S/C11H15NO2/c1-11(14)6-9(12-10(13)7-11)8-4-2-3-5-8/h2-5,8-9,14H,6-7H2,1H3,(H,12,13). The molecule has 1 aliphatic heterocycles. The molecule has 2 N–H and O–H groups in total. The Morgan fingerprint density at radius 2 is 2.14 bits per heavy atom. The SMILES string of the molecule is CC1(O)CC(=O)NC(C2C=CC=C2)C1. The van der Waals surface area contributed by atoms with Gasteiger partial charge in [-0.3, -0.25) is 4.79 Å². The van der Waals surface area contributed by atoms with Crippen molar-refractivity contribution in [3.63, 3.8) is 0 Å². The van der Waals surface area contributed by atoms with Gasteiger partial charge in [0.05, 0.1) is 12.0 Å². The van der Waals surface area contributed by atoms with E-state index in [9.17, 15) is 9.90 Å². The van der Waals surface area contributed by atoms with Crippen molar-refractivity contribution in [2.75, 3.05) is 0 Å². The molecule has 0 aromatic carbocycles. The summed E-state index contributed by atoms with van der Waals surface area (Å²) in [5.41, 5.74) is -0.850. The monoisotopic (exact) mass is 193 g/mol. The minimum atomic E-state index is -0.850. The number of hydrogen-bond acceptors (Lipinski definition) is 2. The lowest BCUT2D eigenvalue weighted by Gasteiger charge is -2.36. The first-order valence-corrected chi connectivity index (χ1v) is 4.94. The zero-order valence-electron chi connectivity index (χ0n) is 8.23. The molecule has 1 aliphatic carbocycles. The number of hydrogen-bond donors (Lipinski definition) is 2. The van der Waals surface area contributed by atoms with Crippen molar-refractivity contribution in [2.45, 2.75) is 31.4 Å². The fraction of sp³-hybridized carbons (Fsp3) is 0.545. The molecule has 0 aromatic heterocycles. The van der Waals surface area contributed by atoms with Crippen molar-refractivity contribution in [1.29, 1.82) is 0 Å². The van der Waals surface area contributed by atoms with Crippen molar-refractivity contribution >= 4 is 5.91 Å². The second-order valence-corrected chi connectivity index (χ2v) is 4.40. The summed E-state index contributed by atoms with van der Waals surface area (Å²) >= 11 is 0. The van der Waals surface area contributed by atoms with E-state index in [0.717, 1.165) is 0 Å². The molecule has 2 aliphatic rings. The lowest BCUT2D eigenvalue weighted by atomic mass is 9.83. The number of allylic oxidation sites excluding steroid dienone is 2. The number of aliphatic hydroxyl groups is 1. The third kappa shape index (κ3) is 1.87. The molecule has 0 bridgehead atoms. The average molecular weight is 193 g/mol. The van der Waals surface area contributed by atoms with Crippen LogP contribution in [0.25, 0.3) is 0 Å². The first-order chi connectivity index (χ1) is 6.57. The van der Waals surface area contributed by atoms with E-state index >= 15 is 0 Å². The van der Waals surface area contributed by atoms with Gasteiger partial charge in [-0.25, -0.2) is 0 Å². The molecule has 3 nitrogen and oxygen atoms in total. The van der Waals surface area contributed by atoms with Crippen LogP contribution < -0.4 is 5.32 Å². The van der Waals surface area contributed by atoms with E-state index in [1.165, 1.54) is 0 Å². The molecule has 3 heteroatoms. The Morgan fingerprint density at radius 3 is 2.71 bits per heavy atom. The Labute approximate surface area is 83.5 Å². The molecule has 0 saturated carbocycles. The number of nitrogens with one attached hydrogen (secondary N) is 1. The summed E-state index contributed by atoms with van der Waals surface area (Å²) in [4.78, 5) is 11.3. The molecule has 14 heavy (non-hydrogen) atoms. The molecule has 2 unspecified atom stereocenters. The van der Waals surface area contributed by atoms with Crippen molar-refractivity contribution < 1.29 is 9.90 Å². The minimum Gasteiger partial charge on any atom is -0.390 e. The van der Waals surface area contributed by atoms with Gasteiger partial charge in [-0.15, -0.1) is 0 Å². The van der Waals surface area contributed by atoms with E-state index in [1.54, 1.807) is 6.92 Å². The van der Waals surface area contributed by atoms with E-state index in [1.807, 2.05) is 24.3 Å². The van der Waals surface area contributed by atoms with Crippen molar-refractivity contribution in [3.05, 3.63) is 24.3 Å². The lowest BCUT2D eigenvalue weighted by molar-refractivity contribution is -0.131. The van der Waals surface area contributed by atoms with Gasteiger partial charge in [0, 0.05) is 12.0 Å². The third-order valence-corrected chi connectivity index (χ3v) is 2.79. The van der Waals surface area contributed by atoms with Crippen LogP contribution in [0.1, 0.15) is 19.8 Å². The first-order valence-electron chi connectivity index (χ1n) is 4.94. The zero-order valence-corrected chi connectivity index (χ0v) is 8.23. The van der Waals surface area contributed by atoms with Crippen LogP contribution >= 0.6 is 0 Å². The van der Waals surface area contributed by atoms with Crippen LogP contribution in [-0.2, 0) is 4.79 Å². The fourth-order valence-electron chi connectivity index (χ4n) is 2.15. The molecule has 2 atom stereocenters. The second-order valence-electron chi connectivity index (χ2n) is 4.40. The van der Waals surface area contributed by atoms with E-state index in [0.29, 0.717) is 6.42 Å². The summed E-state index contributed by atoms with van der Waals surface area (Å²) in [6.45, 7) is 1.72. The molecule has 0 radical (unpaired) electrons. The molecule has 1 saturated heterocycles. The fourth-order valence-corrected chi connectivity index (χ4v) is 2.15. The highest BCUT2D eigenvalue weighted by Crippen LogP contribution is 2.27. The highest BCUT2D eigenvalue weighted by molar-refractivity contribution is 5.78. The molecule has 1 amide bonds. The Balaban J connectivity index is 2.09. The van der Waals surface area contributed by atoms with Gasteiger partial charge >= 0.3 is 0 Å². The minimum absolute atomic E-state index is 0.0428. The Morgan fingerprint density at radius 1 is 1.50 bits per heavy atom. The molecule has 1 fully saturated rings. The number of amides is 1. The number of rotatable bonds is 1. The summed E-state index contributed by atoms with van der Waals surface area (Å²) in [5.74, 6) is 0.186. The van der Waals surface area contributed by atoms with Gasteiger partial charge in [0.1, 0.15) is 0 Å². The summed E-state index contributed by atoms with van der Waals surface area (Å²) in [7, 11) is 0. The van der Waals surface area contributed by atoms with E-state index in [4.69, 9.17) is 0 Å². The van der Waals surface area contributed by atoms with Crippen LogP contribution in [0.15, 0.2) is 24.3 Å². The predicted molar refractivity (Wildman–Crippen MR) is 53.6 cm³/mol. The number of piperidine rings is 1. The van der Waals surface area contributed by atoms with Gasteiger partial charge in [0.25, 0.3) is 0 Å². The van der Waals surface area contributed by atoms with Crippen LogP contribution in [-0.4, -0.2) is 22.7 Å². The lowest BCUT2D eigenvalue weighted by Crippen LogP contribution is -2.52. The van der Waals surface area contributed by atoms with Gasteiger partial charge in [-0.1, -0.05) is 24.3 Å². The Hall–Kier alpha value is -1.09. The maximum atomic E-state index is 11.3. The molecular formula is C11H15NO2. The molecule has 0 spiro atoms. The largest absolute Gasteiger partial charge is 0.390 e. The number of carbonyl (C=O) groups is 1. The normalized spacial score (nSPS) is 37.6.